The van der Waals surface area contributed by atoms with Crippen LogP contribution in [0.4, 0.5) is 0 Å². The van der Waals surface area contributed by atoms with Crippen LogP contribution >= 0.6 is 0 Å². The molecule has 0 unspecified atom stereocenters. The van der Waals surface area contributed by atoms with Crippen molar-refractivity contribution in [2.24, 2.45) is 0 Å². The summed E-state index contributed by atoms with van der Waals surface area (Å²) in [5.74, 6) is -0.128. The van der Waals surface area contributed by atoms with Crippen molar-refractivity contribution < 1.29 is 14.3 Å². The van der Waals surface area contributed by atoms with Crippen molar-refractivity contribution in [2.75, 3.05) is 26.2 Å². The SMILES string of the molecule is CCOC(=O)CCC(=O)CN1CCCC1. The first-order valence-corrected chi connectivity index (χ1v) is 5.62. The molecule has 1 rings (SSSR count). The number of carbonyl (C=O) groups excluding carboxylic acids is 2. The lowest BCUT2D eigenvalue weighted by Gasteiger charge is -2.12. The molecule has 0 aromatic heterocycles. The van der Waals surface area contributed by atoms with E-state index in [-0.39, 0.29) is 18.2 Å². The Morgan fingerprint density at radius 2 is 1.87 bits per heavy atom. The van der Waals surface area contributed by atoms with Gasteiger partial charge in [-0.05, 0) is 32.9 Å². The van der Waals surface area contributed by atoms with Gasteiger partial charge in [-0.15, -0.1) is 0 Å². The number of carbonyl (C=O) groups is 2. The summed E-state index contributed by atoms with van der Waals surface area (Å²) in [6.45, 7) is 4.69. The van der Waals surface area contributed by atoms with E-state index in [4.69, 9.17) is 4.74 Å². The lowest BCUT2D eigenvalue weighted by molar-refractivity contribution is -0.144. The third-order valence-corrected chi connectivity index (χ3v) is 2.51. The quantitative estimate of drug-likeness (QED) is 0.617. The van der Waals surface area contributed by atoms with Gasteiger partial charge in [-0.1, -0.05) is 0 Å². The number of ether oxygens (including phenoxy) is 1. The average Bonchev–Trinajstić information content (AvgIpc) is 2.68. The molecule has 86 valence electrons. The molecular weight excluding hydrogens is 194 g/mol. The lowest BCUT2D eigenvalue weighted by Crippen LogP contribution is -2.27. The monoisotopic (exact) mass is 213 g/mol. The highest BCUT2D eigenvalue weighted by Crippen LogP contribution is 2.07. The molecule has 0 saturated carbocycles. The molecule has 0 spiro atoms. The van der Waals surface area contributed by atoms with Gasteiger partial charge in [0, 0.05) is 6.42 Å². The number of Topliss-reactive ketones (excluding diaryl/α,β-unsaturated/α-hetero) is 1. The zero-order valence-electron chi connectivity index (χ0n) is 9.33. The van der Waals surface area contributed by atoms with Crippen molar-refractivity contribution in [1.29, 1.82) is 0 Å². The molecule has 0 bridgehead atoms. The molecule has 1 saturated heterocycles. The molecule has 1 aliphatic heterocycles. The fourth-order valence-electron chi connectivity index (χ4n) is 1.74. The van der Waals surface area contributed by atoms with Gasteiger partial charge < -0.3 is 4.74 Å². The van der Waals surface area contributed by atoms with Gasteiger partial charge >= 0.3 is 5.97 Å². The first kappa shape index (κ1) is 12.2. The summed E-state index contributed by atoms with van der Waals surface area (Å²) < 4.78 is 4.76. The van der Waals surface area contributed by atoms with Crippen molar-refractivity contribution in [3.63, 3.8) is 0 Å². The molecule has 1 fully saturated rings. The number of likely N-dealkylation sites (tertiary alicyclic amines) is 1. The van der Waals surface area contributed by atoms with Crippen LogP contribution in [0.5, 0.6) is 0 Å². The van der Waals surface area contributed by atoms with Crippen molar-refractivity contribution in [1.82, 2.24) is 4.90 Å². The summed E-state index contributed by atoms with van der Waals surface area (Å²) in [5, 5.41) is 0. The van der Waals surface area contributed by atoms with Gasteiger partial charge in [-0.25, -0.2) is 0 Å². The highest BCUT2D eigenvalue weighted by atomic mass is 16.5. The predicted molar refractivity (Wildman–Crippen MR) is 56.5 cm³/mol. The van der Waals surface area contributed by atoms with Gasteiger partial charge in [0.1, 0.15) is 5.78 Å². The van der Waals surface area contributed by atoms with Crippen molar-refractivity contribution in [3.8, 4) is 0 Å². The van der Waals surface area contributed by atoms with Crippen LogP contribution < -0.4 is 0 Å². The molecule has 0 aromatic carbocycles. The smallest absolute Gasteiger partial charge is 0.306 e. The Balaban J connectivity index is 2.10. The van der Waals surface area contributed by atoms with E-state index in [0.29, 0.717) is 19.6 Å². The van der Waals surface area contributed by atoms with Crippen LogP contribution in [-0.4, -0.2) is 42.9 Å². The number of ketones is 1. The zero-order chi connectivity index (χ0) is 11.1. The molecule has 0 aliphatic carbocycles. The van der Waals surface area contributed by atoms with Crippen LogP contribution in [0.3, 0.4) is 0 Å². The average molecular weight is 213 g/mol. The van der Waals surface area contributed by atoms with Gasteiger partial charge in [0.2, 0.25) is 0 Å². The van der Waals surface area contributed by atoms with Crippen molar-refractivity contribution in [3.05, 3.63) is 0 Å². The Bertz CT molecular complexity index is 222. The maximum atomic E-state index is 11.5. The minimum Gasteiger partial charge on any atom is -0.466 e. The number of rotatable bonds is 6. The van der Waals surface area contributed by atoms with E-state index in [0.717, 1.165) is 13.1 Å². The number of nitrogens with zero attached hydrogens (tertiary/aromatic N) is 1. The molecule has 0 N–H and O–H groups in total. The van der Waals surface area contributed by atoms with Gasteiger partial charge in [0.05, 0.1) is 19.6 Å². The summed E-state index contributed by atoms with van der Waals surface area (Å²) in [7, 11) is 0. The van der Waals surface area contributed by atoms with E-state index in [1.54, 1.807) is 6.92 Å². The molecule has 0 amide bonds. The van der Waals surface area contributed by atoms with Crippen molar-refractivity contribution >= 4 is 11.8 Å². The molecule has 0 aromatic rings. The Hall–Kier alpha value is -0.900. The molecule has 0 radical (unpaired) electrons. The fraction of sp³-hybridized carbons (Fsp3) is 0.818. The van der Waals surface area contributed by atoms with E-state index < -0.39 is 0 Å². The van der Waals surface area contributed by atoms with E-state index in [1.165, 1.54) is 12.8 Å². The third-order valence-electron chi connectivity index (χ3n) is 2.51. The maximum Gasteiger partial charge on any atom is 0.306 e. The molecular formula is C11H19NO3. The van der Waals surface area contributed by atoms with E-state index >= 15 is 0 Å². The minimum absolute atomic E-state index is 0.143. The first-order chi connectivity index (χ1) is 7.22. The summed E-state index contributed by atoms with van der Waals surface area (Å²) in [4.78, 5) is 24.6. The third kappa shape index (κ3) is 4.93. The zero-order valence-corrected chi connectivity index (χ0v) is 9.33. The second kappa shape index (κ2) is 6.56. The summed E-state index contributed by atoms with van der Waals surface area (Å²) in [6, 6.07) is 0. The normalized spacial score (nSPS) is 16.6. The summed E-state index contributed by atoms with van der Waals surface area (Å²) in [5.41, 5.74) is 0. The van der Waals surface area contributed by atoms with Crippen LogP contribution in [-0.2, 0) is 14.3 Å². The van der Waals surface area contributed by atoms with Crippen LogP contribution in [0, 0.1) is 0 Å². The van der Waals surface area contributed by atoms with Crippen LogP contribution in [0.15, 0.2) is 0 Å². The topological polar surface area (TPSA) is 46.6 Å². The van der Waals surface area contributed by atoms with Gasteiger partial charge in [-0.3, -0.25) is 14.5 Å². The van der Waals surface area contributed by atoms with Crippen LogP contribution in [0.2, 0.25) is 0 Å². The molecule has 4 nitrogen and oxygen atoms in total. The highest BCUT2D eigenvalue weighted by molar-refractivity contribution is 5.84. The largest absolute Gasteiger partial charge is 0.466 e. The number of hydrogen-bond acceptors (Lipinski definition) is 4. The maximum absolute atomic E-state index is 11.5. The molecule has 1 aliphatic rings. The first-order valence-electron chi connectivity index (χ1n) is 5.62. The Morgan fingerprint density at radius 3 is 2.47 bits per heavy atom. The summed E-state index contributed by atoms with van der Waals surface area (Å²) >= 11 is 0. The van der Waals surface area contributed by atoms with E-state index in [1.807, 2.05) is 0 Å². The lowest BCUT2D eigenvalue weighted by atomic mass is 10.2. The predicted octanol–water partition coefficient (Wildman–Crippen LogP) is 0.995. The fourth-order valence-corrected chi connectivity index (χ4v) is 1.74. The molecule has 0 atom stereocenters. The second-order valence-corrected chi connectivity index (χ2v) is 3.83. The Labute approximate surface area is 90.6 Å². The van der Waals surface area contributed by atoms with Crippen LogP contribution in [0.25, 0.3) is 0 Å². The van der Waals surface area contributed by atoms with Gasteiger partial charge in [0.25, 0.3) is 0 Å². The van der Waals surface area contributed by atoms with Crippen molar-refractivity contribution in [2.45, 2.75) is 32.6 Å². The van der Waals surface area contributed by atoms with Crippen LogP contribution in [0.1, 0.15) is 32.6 Å². The van der Waals surface area contributed by atoms with E-state index in [2.05, 4.69) is 4.90 Å². The number of hydrogen-bond donors (Lipinski definition) is 0. The molecule has 15 heavy (non-hydrogen) atoms. The highest BCUT2D eigenvalue weighted by Gasteiger charge is 2.15. The van der Waals surface area contributed by atoms with E-state index in [9.17, 15) is 9.59 Å². The van der Waals surface area contributed by atoms with Gasteiger partial charge in [0.15, 0.2) is 0 Å². The molecule has 1 heterocycles. The second-order valence-electron chi connectivity index (χ2n) is 3.83. The standard InChI is InChI=1S/C11H19NO3/c1-2-15-11(14)6-5-10(13)9-12-7-3-4-8-12/h2-9H2,1H3. The Morgan fingerprint density at radius 1 is 1.20 bits per heavy atom. The molecule has 4 heteroatoms. The van der Waals surface area contributed by atoms with Gasteiger partial charge in [-0.2, -0.15) is 0 Å². The summed E-state index contributed by atoms with van der Waals surface area (Å²) in [6.07, 6.45) is 2.91. The minimum atomic E-state index is -0.271. The number of esters is 1. The Kier molecular flexibility index (Phi) is 5.32.